The van der Waals surface area contributed by atoms with E-state index in [0.717, 1.165) is 56.3 Å². The second-order valence-corrected chi connectivity index (χ2v) is 9.36. The summed E-state index contributed by atoms with van der Waals surface area (Å²) >= 11 is 0. The molecule has 3 aromatic heterocycles. The molecular formula is C25H28F6N6O4. The Bertz CT molecular complexity index is 1270. The maximum absolute atomic E-state index is 10.6. The summed E-state index contributed by atoms with van der Waals surface area (Å²) in [6, 6.07) is 10.4. The highest BCUT2D eigenvalue weighted by molar-refractivity contribution is 5.73. The summed E-state index contributed by atoms with van der Waals surface area (Å²) in [4.78, 5) is 32.0. The molecule has 41 heavy (non-hydrogen) atoms. The van der Waals surface area contributed by atoms with Gasteiger partial charge in [0, 0.05) is 38.3 Å². The fourth-order valence-corrected chi connectivity index (χ4v) is 4.36. The summed E-state index contributed by atoms with van der Waals surface area (Å²) in [5.41, 5.74) is 3.35. The van der Waals surface area contributed by atoms with E-state index in [4.69, 9.17) is 29.9 Å². The Kier molecular flexibility index (Phi) is 10.5. The number of aromatic nitrogens is 4. The third-order valence-electron chi connectivity index (χ3n) is 6.27. The number of halogens is 6. The van der Waals surface area contributed by atoms with Gasteiger partial charge in [0.2, 0.25) is 0 Å². The maximum atomic E-state index is 10.6. The van der Waals surface area contributed by atoms with Crippen LogP contribution in [-0.2, 0) is 16.1 Å². The van der Waals surface area contributed by atoms with E-state index in [2.05, 4.69) is 45.2 Å². The van der Waals surface area contributed by atoms with Crippen LogP contribution < -0.4 is 4.90 Å². The van der Waals surface area contributed by atoms with Crippen LogP contribution in [0.15, 0.2) is 42.7 Å². The number of fused-ring (bicyclic) bond motifs is 1. The number of rotatable bonds is 4. The lowest BCUT2D eigenvalue weighted by molar-refractivity contribution is -0.193. The van der Waals surface area contributed by atoms with Crippen molar-refractivity contribution in [1.82, 2.24) is 24.5 Å². The monoisotopic (exact) mass is 590 g/mol. The molecule has 224 valence electrons. The van der Waals surface area contributed by atoms with Gasteiger partial charge in [-0.2, -0.15) is 31.4 Å². The number of nitrogens with zero attached hydrogens (tertiary/aromatic N) is 6. The summed E-state index contributed by atoms with van der Waals surface area (Å²) in [7, 11) is 0. The zero-order valence-corrected chi connectivity index (χ0v) is 21.6. The topological polar surface area (TPSA) is 124 Å². The molecule has 0 aromatic carbocycles. The van der Waals surface area contributed by atoms with Gasteiger partial charge >= 0.3 is 24.3 Å². The van der Waals surface area contributed by atoms with Crippen LogP contribution in [0.3, 0.4) is 0 Å². The molecule has 2 saturated heterocycles. The lowest BCUT2D eigenvalue weighted by Crippen LogP contribution is -2.34. The van der Waals surface area contributed by atoms with Crippen molar-refractivity contribution in [3.8, 4) is 0 Å². The molecule has 0 saturated carbocycles. The predicted molar refractivity (Wildman–Crippen MR) is 133 cm³/mol. The van der Waals surface area contributed by atoms with Gasteiger partial charge in [0.1, 0.15) is 0 Å². The number of likely N-dealkylation sites (tertiary alicyclic amines) is 1. The first-order valence-corrected chi connectivity index (χ1v) is 12.6. The highest BCUT2D eigenvalue weighted by Crippen LogP contribution is 2.27. The highest BCUT2D eigenvalue weighted by Gasteiger charge is 2.38. The first-order valence-electron chi connectivity index (χ1n) is 12.6. The Labute approximate surface area is 230 Å². The van der Waals surface area contributed by atoms with Gasteiger partial charge in [-0.15, -0.1) is 0 Å². The van der Waals surface area contributed by atoms with Crippen LogP contribution in [0.1, 0.15) is 43.1 Å². The van der Waals surface area contributed by atoms with Crippen LogP contribution in [-0.4, -0.2) is 85.2 Å². The smallest absolute Gasteiger partial charge is 0.475 e. The van der Waals surface area contributed by atoms with Crippen LogP contribution in [0.2, 0.25) is 0 Å². The number of carboxylic acids is 2. The molecule has 1 unspecified atom stereocenters. The van der Waals surface area contributed by atoms with Crippen molar-refractivity contribution in [1.29, 1.82) is 0 Å². The quantitative estimate of drug-likeness (QED) is 0.427. The molecule has 2 fully saturated rings. The van der Waals surface area contributed by atoms with Crippen molar-refractivity contribution in [2.75, 3.05) is 31.1 Å². The van der Waals surface area contributed by atoms with Crippen molar-refractivity contribution >= 4 is 23.3 Å². The van der Waals surface area contributed by atoms with Crippen LogP contribution in [0.4, 0.5) is 32.0 Å². The number of pyridine rings is 2. The molecule has 1 atom stereocenters. The molecule has 0 spiro atoms. The minimum Gasteiger partial charge on any atom is -0.475 e. The van der Waals surface area contributed by atoms with E-state index in [0.29, 0.717) is 5.92 Å². The van der Waals surface area contributed by atoms with E-state index >= 15 is 0 Å². The van der Waals surface area contributed by atoms with Crippen LogP contribution in [0.25, 0.3) is 5.65 Å². The SMILES string of the molecule is O=C(O)C(F)(F)F.O=C(O)C(F)(F)F.c1ccc(CN2CCCC(c3nc4ccc(N5CCCC5)cn4n3)C2)nc1. The van der Waals surface area contributed by atoms with Gasteiger partial charge < -0.3 is 15.1 Å². The van der Waals surface area contributed by atoms with Gasteiger partial charge in [0.25, 0.3) is 0 Å². The van der Waals surface area contributed by atoms with E-state index in [-0.39, 0.29) is 0 Å². The average Bonchev–Trinajstić information content (AvgIpc) is 3.59. The summed E-state index contributed by atoms with van der Waals surface area (Å²) in [6.07, 6.45) is -1.23. The summed E-state index contributed by atoms with van der Waals surface area (Å²) in [5, 5.41) is 19.1. The molecule has 0 aliphatic carbocycles. The van der Waals surface area contributed by atoms with Crippen molar-refractivity contribution < 1.29 is 46.1 Å². The van der Waals surface area contributed by atoms with Crippen LogP contribution >= 0.6 is 0 Å². The number of alkyl halides is 6. The van der Waals surface area contributed by atoms with E-state index in [9.17, 15) is 26.3 Å². The number of carboxylic acid groups (broad SMARTS) is 2. The third-order valence-corrected chi connectivity index (χ3v) is 6.27. The standard InChI is InChI=1S/C21H26N6.2C2HF3O2/c1-2-10-22-18(7-1)15-25-11-5-6-17(14-25)21-23-20-9-8-19(16-27(20)24-21)26-12-3-4-13-26;2*3-2(4,5)1(6)7/h1-2,7-10,16-17H,3-6,11-15H2;2*(H,6,7). The molecule has 3 aromatic rings. The maximum Gasteiger partial charge on any atom is 0.490 e. The fourth-order valence-electron chi connectivity index (χ4n) is 4.36. The van der Waals surface area contributed by atoms with Gasteiger partial charge in [-0.1, -0.05) is 6.07 Å². The number of anilines is 1. The van der Waals surface area contributed by atoms with Crippen molar-refractivity contribution in [3.05, 3.63) is 54.2 Å². The van der Waals surface area contributed by atoms with Gasteiger partial charge in [-0.05, 0) is 56.5 Å². The summed E-state index contributed by atoms with van der Waals surface area (Å²) in [6.45, 7) is 5.34. The molecule has 16 heteroatoms. The Morgan fingerprint density at radius 1 is 0.902 bits per heavy atom. The minimum atomic E-state index is -5.08. The minimum absolute atomic E-state index is 0.401. The Balaban J connectivity index is 0.000000276. The molecule has 5 rings (SSSR count). The van der Waals surface area contributed by atoms with E-state index in [1.54, 1.807) is 0 Å². The Hall–Kier alpha value is -3.95. The largest absolute Gasteiger partial charge is 0.490 e. The Morgan fingerprint density at radius 3 is 2.10 bits per heavy atom. The normalized spacial score (nSPS) is 17.8. The van der Waals surface area contributed by atoms with E-state index < -0.39 is 24.3 Å². The summed E-state index contributed by atoms with van der Waals surface area (Å²) < 4.78 is 65.4. The van der Waals surface area contributed by atoms with Crippen molar-refractivity contribution in [3.63, 3.8) is 0 Å². The highest BCUT2D eigenvalue weighted by atomic mass is 19.4. The molecule has 5 heterocycles. The van der Waals surface area contributed by atoms with E-state index in [1.165, 1.54) is 24.9 Å². The molecule has 10 nitrogen and oxygen atoms in total. The number of piperidine rings is 1. The first kappa shape index (κ1) is 31.6. The predicted octanol–water partition coefficient (Wildman–Crippen LogP) is 4.37. The lowest BCUT2D eigenvalue weighted by Gasteiger charge is -2.31. The molecule has 0 bridgehead atoms. The molecule has 2 aliphatic rings. The van der Waals surface area contributed by atoms with Crippen molar-refractivity contribution in [2.24, 2.45) is 0 Å². The van der Waals surface area contributed by atoms with E-state index in [1.807, 2.05) is 16.8 Å². The third kappa shape index (κ3) is 9.58. The van der Waals surface area contributed by atoms with Gasteiger partial charge in [-0.3, -0.25) is 9.88 Å². The second-order valence-electron chi connectivity index (χ2n) is 9.36. The molecule has 2 aliphatic heterocycles. The number of aliphatic carboxylic acids is 2. The fraction of sp³-hybridized carbons (Fsp3) is 0.480. The van der Waals surface area contributed by atoms with Crippen molar-refractivity contribution in [2.45, 2.75) is 50.5 Å². The molecular weight excluding hydrogens is 562 g/mol. The lowest BCUT2D eigenvalue weighted by atomic mass is 9.97. The van der Waals surface area contributed by atoms with Gasteiger partial charge in [0.05, 0.1) is 17.6 Å². The number of carbonyl (C=O) groups is 2. The van der Waals surface area contributed by atoms with Crippen LogP contribution in [0, 0.1) is 0 Å². The summed E-state index contributed by atoms with van der Waals surface area (Å²) in [5.74, 6) is -4.13. The molecule has 2 N–H and O–H groups in total. The zero-order chi connectivity index (χ0) is 30.2. The second kappa shape index (κ2) is 13.6. The molecule has 0 radical (unpaired) electrons. The zero-order valence-electron chi connectivity index (χ0n) is 21.6. The van der Waals surface area contributed by atoms with Gasteiger partial charge in [0.15, 0.2) is 11.5 Å². The number of hydrogen-bond acceptors (Lipinski definition) is 7. The number of hydrogen-bond donors (Lipinski definition) is 2. The average molecular weight is 591 g/mol. The van der Waals surface area contributed by atoms with Gasteiger partial charge in [-0.25, -0.2) is 19.1 Å². The Morgan fingerprint density at radius 2 is 1.54 bits per heavy atom. The first-order chi connectivity index (χ1) is 19.2. The molecule has 0 amide bonds. The van der Waals surface area contributed by atoms with Crippen LogP contribution in [0.5, 0.6) is 0 Å².